The summed E-state index contributed by atoms with van der Waals surface area (Å²) in [5.74, 6) is 0.0468. The van der Waals surface area contributed by atoms with E-state index < -0.39 is 0 Å². The summed E-state index contributed by atoms with van der Waals surface area (Å²) < 4.78 is 1.76. The van der Waals surface area contributed by atoms with Gasteiger partial charge in [0.05, 0.1) is 11.8 Å². The zero-order valence-corrected chi connectivity index (χ0v) is 9.47. The molecule has 0 amide bonds. The van der Waals surface area contributed by atoms with Crippen molar-refractivity contribution in [2.24, 2.45) is 7.05 Å². The van der Waals surface area contributed by atoms with Crippen LogP contribution in [0.15, 0.2) is 36.5 Å². The summed E-state index contributed by atoms with van der Waals surface area (Å²) in [6.07, 6.45) is 2.46. The summed E-state index contributed by atoms with van der Waals surface area (Å²) in [5.41, 5.74) is 2.40. The second-order valence-electron chi connectivity index (χ2n) is 3.68. The number of aryl methyl sites for hydroxylation is 1. The van der Waals surface area contributed by atoms with Crippen LogP contribution in [-0.4, -0.2) is 15.6 Å². The smallest absolute Gasteiger partial charge is 0.196 e. The molecule has 1 heterocycles. The van der Waals surface area contributed by atoms with E-state index in [-0.39, 0.29) is 5.78 Å². The topological polar surface area (TPSA) is 34.9 Å². The number of rotatable bonds is 3. The Balaban J connectivity index is 2.42. The first-order valence-corrected chi connectivity index (χ1v) is 5.34. The first kappa shape index (κ1) is 10.6. The van der Waals surface area contributed by atoms with Gasteiger partial charge in [-0.2, -0.15) is 5.10 Å². The number of carbonyl (C=O) groups excluding carboxylic acids is 1. The fourth-order valence-corrected chi connectivity index (χ4v) is 1.82. The largest absolute Gasteiger partial charge is 0.288 e. The molecular formula is C13H14N2O. The summed E-state index contributed by atoms with van der Waals surface area (Å²) in [7, 11) is 1.86. The van der Waals surface area contributed by atoms with Gasteiger partial charge in [-0.15, -0.1) is 0 Å². The van der Waals surface area contributed by atoms with Gasteiger partial charge < -0.3 is 0 Å². The molecule has 0 fully saturated rings. The maximum atomic E-state index is 12.2. The number of hydrogen-bond donors (Lipinski definition) is 0. The van der Waals surface area contributed by atoms with Crippen LogP contribution in [0.4, 0.5) is 0 Å². The average Bonchev–Trinajstić information content (AvgIpc) is 2.70. The van der Waals surface area contributed by atoms with Crippen molar-refractivity contribution in [1.82, 2.24) is 9.78 Å². The van der Waals surface area contributed by atoms with E-state index >= 15 is 0 Å². The van der Waals surface area contributed by atoms with Gasteiger partial charge in [0.1, 0.15) is 0 Å². The van der Waals surface area contributed by atoms with Gasteiger partial charge in [0.25, 0.3) is 0 Å². The Hall–Kier alpha value is -1.90. The summed E-state index contributed by atoms with van der Waals surface area (Å²) in [6, 6.07) is 9.30. The summed E-state index contributed by atoms with van der Waals surface area (Å²) in [6.45, 7) is 2.03. The van der Waals surface area contributed by atoms with Crippen LogP contribution in [0.3, 0.4) is 0 Å². The predicted molar refractivity (Wildman–Crippen MR) is 62.5 cm³/mol. The molecule has 0 saturated heterocycles. The highest BCUT2D eigenvalue weighted by Gasteiger charge is 2.15. The van der Waals surface area contributed by atoms with Gasteiger partial charge in [0, 0.05) is 18.3 Å². The summed E-state index contributed by atoms with van der Waals surface area (Å²) in [4.78, 5) is 12.2. The van der Waals surface area contributed by atoms with Crippen LogP contribution in [0.25, 0.3) is 0 Å². The van der Waals surface area contributed by atoms with Crippen molar-refractivity contribution >= 4 is 5.78 Å². The molecular weight excluding hydrogens is 200 g/mol. The normalized spacial score (nSPS) is 10.4. The van der Waals surface area contributed by atoms with Gasteiger partial charge in [0.15, 0.2) is 5.78 Å². The first-order valence-electron chi connectivity index (χ1n) is 5.34. The second kappa shape index (κ2) is 4.31. The maximum Gasteiger partial charge on any atom is 0.196 e. The minimum absolute atomic E-state index is 0.0468. The van der Waals surface area contributed by atoms with E-state index in [9.17, 15) is 4.79 Å². The quantitative estimate of drug-likeness (QED) is 0.734. The van der Waals surface area contributed by atoms with Crippen LogP contribution >= 0.6 is 0 Å². The van der Waals surface area contributed by atoms with E-state index in [4.69, 9.17) is 0 Å². The fraction of sp³-hybridized carbons (Fsp3) is 0.231. The van der Waals surface area contributed by atoms with Gasteiger partial charge in [0.2, 0.25) is 0 Å². The molecule has 16 heavy (non-hydrogen) atoms. The number of hydrogen-bond acceptors (Lipinski definition) is 2. The Morgan fingerprint density at radius 3 is 2.62 bits per heavy atom. The second-order valence-corrected chi connectivity index (χ2v) is 3.68. The molecule has 0 unspecified atom stereocenters. The highest BCUT2D eigenvalue weighted by atomic mass is 16.1. The molecule has 0 aliphatic carbocycles. The van der Waals surface area contributed by atoms with Crippen molar-refractivity contribution in [1.29, 1.82) is 0 Å². The van der Waals surface area contributed by atoms with Crippen molar-refractivity contribution in [3.05, 3.63) is 53.3 Å². The molecule has 0 N–H and O–H groups in total. The Morgan fingerprint density at radius 2 is 2.00 bits per heavy atom. The summed E-state index contributed by atoms with van der Waals surface area (Å²) >= 11 is 0. The van der Waals surface area contributed by atoms with Crippen LogP contribution in [0.5, 0.6) is 0 Å². The van der Waals surface area contributed by atoms with Crippen LogP contribution < -0.4 is 0 Å². The summed E-state index contributed by atoms with van der Waals surface area (Å²) in [5, 5.41) is 4.13. The SMILES string of the molecule is CCc1c(C(=O)c2ccccc2)cnn1C. The van der Waals surface area contributed by atoms with Crippen molar-refractivity contribution < 1.29 is 4.79 Å². The number of carbonyl (C=O) groups is 1. The zero-order chi connectivity index (χ0) is 11.5. The molecule has 0 aliphatic rings. The molecule has 0 spiro atoms. The highest BCUT2D eigenvalue weighted by Crippen LogP contribution is 2.14. The Kier molecular flexibility index (Phi) is 2.86. The molecule has 2 rings (SSSR count). The fourth-order valence-electron chi connectivity index (χ4n) is 1.82. The minimum atomic E-state index is 0.0468. The lowest BCUT2D eigenvalue weighted by molar-refractivity contribution is 0.103. The Labute approximate surface area is 94.7 Å². The van der Waals surface area contributed by atoms with E-state index in [1.54, 1.807) is 10.9 Å². The molecule has 0 saturated carbocycles. The lowest BCUT2D eigenvalue weighted by atomic mass is 10.0. The van der Waals surface area contributed by atoms with Crippen molar-refractivity contribution in [2.45, 2.75) is 13.3 Å². The predicted octanol–water partition coefficient (Wildman–Crippen LogP) is 2.21. The highest BCUT2D eigenvalue weighted by molar-refractivity contribution is 6.09. The number of nitrogens with zero attached hydrogens (tertiary/aromatic N) is 2. The van der Waals surface area contributed by atoms with E-state index in [0.717, 1.165) is 12.1 Å². The third-order valence-electron chi connectivity index (χ3n) is 2.68. The number of ketones is 1. The number of benzene rings is 1. The van der Waals surface area contributed by atoms with Crippen LogP contribution in [0.2, 0.25) is 0 Å². The Morgan fingerprint density at radius 1 is 1.31 bits per heavy atom. The van der Waals surface area contributed by atoms with Gasteiger partial charge in [-0.25, -0.2) is 0 Å². The van der Waals surface area contributed by atoms with Crippen molar-refractivity contribution in [3.8, 4) is 0 Å². The van der Waals surface area contributed by atoms with Crippen molar-refractivity contribution in [2.75, 3.05) is 0 Å². The van der Waals surface area contributed by atoms with E-state index in [1.807, 2.05) is 44.3 Å². The Bertz CT molecular complexity index is 500. The van der Waals surface area contributed by atoms with Gasteiger partial charge in [-0.1, -0.05) is 37.3 Å². The van der Waals surface area contributed by atoms with Crippen LogP contribution in [0.1, 0.15) is 28.5 Å². The van der Waals surface area contributed by atoms with Crippen LogP contribution in [-0.2, 0) is 13.5 Å². The monoisotopic (exact) mass is 214 g/mol. The van der Waals surface area contributed by atoms with Gasteiger partial charge in [-0.3, -0.25) is 9.48 Å². The van der Waals surface area contributed by atoms with Crippen LogP contribution in [0, 0.1) is 0 Å². The molecule has 0 atom stereocenters. The molecule has 3 nitrogen and oxygen atoms in total. The number of aromatic nitrogens is 2. The molecule has 2 aromatic rings. The molecule has 82 valence electrons. The van der Waals surface area contributed by atoms with E-state index in [1.165, 1.54) is 0 Å². The molecule has 3 heteroatoms. The molecule has 0 aliphatic heterocycles. The standard InChI is InChI=1S/C13H14N2O/c1-3-12-11(9-14-15(12)2)13(16)10-7-5-4-6-8-10/h4-9H,3H2,1-2H3. The molecule has 0 radical (unpaired) electrons. The maximum absolute atomic E-state index is 12.2. The average molecular weight is 214 g/mol. The third kappa shape index (κ3) is 1.76. The molecule has 1 aromatic carbocycles. The van der Waals surface area contributed by atoms with E-state index in [0.29, 0.717) is 11.1 Å². The van der Waals surface area contributed by atoms with Gasteiger partial charge >= 0.3 is 0 Å². The third-order valence-corrected chi connectivity index (χ3v) is 2.68. The lowest BCUT2D eigenvalue weighted by Crippen LogP contribution is -2.05. The lowest BCUT2D eigenvalue weighted by Gasteiger charge is -2.02. The zero-order valence-electron chi connectivity index (χ0n) is 9.47. The van der Waals surface area contributed by atoms with Crippen molar-refractivity contribution in [3.63, 3.8) is 0 Å². The first-order chi connectivity index (χ1) is 7.74. The van der Waals surface area contributed by atoms with Gasteiger partial charge in [-0.05, 0) is 6.42 Å². The minimum Gasteiger partial charge on any atom is -0.288 e. The van der Waals surface area contributed by atoms with E-state index in [2.05, 4.69) is 5.10 Å². The molecule has 0 bridgehead atoms. The molecule has 1 aromatic heterocycles.